The average Bonchev–Trinajstić information content (AvgIpc) is 2.84. The summed E-state index contributed by atoms with van der Waals surface area (Å²) in [5.74, 6) is -0.677. The van der Waals surface area contributed by atoms with E-state index in [-0.39, 0.29) is 22.9 Å². The minimum atomic E-state index is -1.73. The zero-order valence-corrected chi connectivity index (χ0v) is 18.3. The van der Waals surface area contributed by atoms with E-state index in [9.17, 15) is 19.6 Å². The molecule has 0 fully saturated rings. The second kappa shape index (κ2) is 9.06. The van der Waals surface area contributed by atoms with Crippen molar-refractivity contribution in [2.75, 3.05) is 0 Å². The van der Waals surface area contributed by atoms with Crippen molar-refractivity contribution in [1.82, 2.24) is 4.98 Å². The molecule has 8 nitrogen and oxygen atoms in total. The standard InChI is InChI=1S/C24H18N4O4S/c1-15-2-8-19(9-3-15)33(31)23-21(16-4-6-18(7-5-16)28(29)30)20(14-25)24(26)32-22(23)17-10-12-27-13-11-17/h2-13,21H,26H2,1H3/t21-,33?/m1/s1. The van der Waals surface area contributed by atoms with Crippen molar-refractivity contribution in [3.63, 3.8) is 0 Å². The molecule has 4 rings (SSSR count). The number of nitrogens with zero attached hydrogens (tertiary/aromatic N) is 3. The molecule has 1 aliphatic heterocycles. The Balaban J connectivity index is 1.97. The summed E-state index contributed by atoms with van der Waals surface area (Å²) >= 11 is 0. The van der Waals surface area contributed by atoms with Crippen molar-refractivity contribution < 1.29 is 13.9 Å². The van der Waals surface area contributed by atoms with Crippen LogP contribution in [0.3, 0.4) is 0 Å². The van der Waals surface area contributed by atoms with E-state index in [4.69, 9.17) is 10.5 Å². The van der Waals surface area contributed by atoms with Gasteiger partial charge in [-0.3, -0.25) is 15.1 Å². The molecule has 2 N–H and O–H groups in total. The lowest BCUT2D eigenvalue weighted by Crippen LogP contribution is -2.23. The highest BCUT2D eigenvalue weighted by Gasteiger charge is 2.37. The van der Waals surface area contributed by atoms with Gasteiger partial charge < -0.3 is 10.5 Å². The molecule has 0 aliphatic carbocycles. The smallest absolute Gasteiger partial charge is 0.269 e. The van der Waals surface area contributed by atoms with Crippen LogP contribution in [0.5, 0.6) is 0 Å². The normalized spacial score (nSPS) is 16.7. The number of nitro benzene ring substituents is 1. The summed E-state index contributed by atoms with van der Waals surface area (Å²) in [5, 5.41) is 21.0. The van der Waals surface area contributed by atoms with Crippen molar-refractivity contribution in [2.24, 2.45) is 5.73 Å². The summed E-state index contributed by atoms with van der Waals surface area (Å²) in [6, 6.07) is 18.4. The highest BCUT2D eigenvalue weighted by atomic mass is 32.2. The van der Waals surface area contributed by atoms with Crippen molar-refractivity contribution in [3.8, 4) is 6.07 Å². The molecule has 0 saturated carbocycles. The maximum Gasteiger partial charge on any atom is 0.269 e. The molecule has 0 radical (unpaired) electrons. The van der Waals surface area contributed by atoms with Crippen molar-refractivity contribution >= 4 is 22.2 Å². The molecular weight excluding hydrogens is 440 g/mol. The molecule has 1 aromatic heterocycles. The first-order valence-corrected chi connectivity index (χ1v) is 11.0. The van der Waals surface area contributed by atoms with Gasteiger partial charge in [0.25, 0.3) is 5.69 Å². The Morgan fingerprint density at radius 2 is 1.73 bits per heavy atom. The van der Waals surface area contributed by atoms with E-state index in [0.717, 1.165) is 5.56 Å². The summed E-state index contributed by atoms with van der Waals surface area (Å²) in [6.07, 6.45) is 3.14. The second-order valence-electron chi connectivity index (χ2n) is 7.28. The van der Waals surface area contributed by atoms with E-state index >= 15 is 0 Å². The molecule has 1 unspecified atom stereocenters. The van der Waals surface area contributed by atoms with E-state index in [2.05, 4.69) is 11.1 Å². The van der Waals surface area contributed by atoms with Gasteiger partial charge in [0.1, 0.15) is 17.4 Å². The molecule has 0 saturated heterocycles. The van der Waals surface area contributed by atoms with E-state index in [0.29, 0.717) is 20.9 Å². The number of nitrogens with two attached hydrogens (primary N) is 1. The molecule has 9 heteroatoms. The number of nitriles is 1. The lowest BCUT2D eigenvalue weighted by Gasteiger charge is -2.29. The predicted molar refractivity (Wildman–Crippen MR) is 122 cm³/mol. The Labute approximate surface area is 192 Å². The molecule has 3 aromatic rings. The molecule has 2 atom stereocenters. The van der Waals surface area contributed by atoms with Gasteiger partial charge in [-0.1, -0.05) is 29.8 Å². The molecule has 33 heavy (non-hydrogen) atoms. The summed E-state index contributed by atoms with van der Waals surface area (Å²) in [4.78, 5) is 15.5. The third-order valence-corrected chi connectivity index (χ3v) is 6.71. The topological polar surface area (TPSA) is 132 Å². The summed E-state index contributed by atoms with van der Waals surface area (Å²) in [5.41, 5.74) is 8.24. The van der Waals surface area contributed by atoms with E-state index in [1.165, 1.54) is 24.3 Å². The number of benzene rings is 2. The minimum Gasteiger partial charge on any atom is -0.439 e. The number of hydrogen-bond acceptors (Lipinski definition) is 7. The van der Waals surface area contributed by atoms with E-state index in [1.54, 1.807) is 36.7 Å². The van der Waals surface area contributed by atoms with Crippen LogP contribution >= 0.6 is 0 Å². The molecule has 0 spiro atoms. The number of nitro groups is 1. The molecular formula is C24H18N4O4S. The molecule has 0 amide bonds. The summed E-state index contributed by atoms with van der Waals surface area (Å²) in [7, 11) is -1.73. The number of aromatic nitrogens is 1. The zero-order valence-electron chi connectivity index (χ0n) is 17.5. The monoisotopic (exact) mass is 458 g/mol. The highest BCUT2D eigenvalue weighted by Crippen LogP contribution is 2.45. The van der Waals surface area contributed by atoms with E-state index < -0.39 is 21.6 Å². The van der Waals surface area contributed by atoms with Crippen LogP contribution in [0.2, 0.25) is 0 Å². The number of hydrogen-bond donors (Lipinski definition) is 1. The fraction of sp³-hybridized carbons (Fsp3) is 0.0833. The Morgan fingerprint density at radius 3 is 2.30 bits per heavy atom. The average molecular weight is 458 g/mol. The first-order chi connectivity index (χ1) is 15.9. The first-order valence-electron chi connectivity index (χ1n) is 9.85. The van der Waals surface area contributed by atoms with Gasteiger partial charge in [0.15, 0.2) is 0 Å². The fourth-order valence-electron chi connectivity index (χ4n) is 3.53. The number of aryl methyl sites for hydroxylation is 1. The molecule has 0 bridgehead atoms. The van der Waals surface area contributed by atoms with Crippen molar-refractivity contribution in [3.05, 3.63) is 116 Å². The Bertz CT molecular complexity index is 1340. The Hall–Kier alpha value is -4.29. The van der Waals surface area contributed by atoms with Crippen LogP contribution in [0.4, 0.5) is 5.69 Å². The second-order valence-corrected chi connectivity index (χ2v) is 8.73. The van der Waals surface area contributed by atoms with Crippen LogP contribution in [-0.2, 0) is 15.5 Å². The van der Waals surface area contributed by atoms with Crippen LogP contribution in [0.15, 0.2) is 94.3 Å². The third kappa shape index (κ3) is 4.24. The number of pyridine rings is 1. The number of allylic oxidation sites excluding steroid dienone is 2. The van der Waals surface area contributed by atoms with Crippen LogP contribution < -0.4 is 5.73 Å². The third-order valence-electron chi connectivity index (χ3n) is 5.19. The highest BCUT2D eigenvalue weighted by molar-refractivity contribution is 7.89. The fourth-order valence-corrected chi connectivity index (χ4v) is 4.96. The van der Waals surface area contributed by atoms with Gasteiger partial charge in [-0.05, 0) is 36.8 Å². The van der Waals surface area contributed by atoms with Gasteiger partial charge in [-0.2, -0.15) is 5.26 Å². The van der Waals surface area contributed by atoms with Crippen molar-refractivity contribution in [2.45, 2.75) is 17.7 Å². The first kappa shape index (κ1) is 21.9. The lowest BCUT2D eigenvalue weighted by molar-refractivity contribution is -0.384. The zero-order chi connectivity index (χ0) is 23.5. The Kier molecular flexibility index (Phi) is 6.02. The number of ether oxygens (including phenoxy) is 1. The van der Waals surface area contributed by atoms with Crippen LogP contribution in [0.1, 0.15) is 22.6 Å². The van der Waals surface area contributed by atoms with Gasteiger partial charge in [-0.25, -0.2) is 4.21 Å². The minimum absolute atomic E-state index is 0.0807. The molecule has 1 aliphatic rings. The van der Waals surface area contributed by atoms with Gasteiger partial charge in [0.2, 0.25) is 5.88 Å². The predicted octanol–water partition coefficient (Wildman–Crippen LogP) is 4.28. The summed E-state index contributed by atoms with van der Waals surface area (Å²) in [6.45, 7) is 1.93. The van der Waals surface area contributed by atoms with Crippen LogP contribution in [0, 0.1) is 28.4 Å². The van der Waals surface area contributed by atoms with Gasteiger partial charge in [0.05, 0.1) is 26.5 Å². The van der Waals surface area contributed by atoms with Crippen LogP contribution in [0.25, 0.3) is 5.76 Å². The Morgan fingerprint density at radius 1 is 1.09 bits per heavy atom. The van der Waals surface area contributed by atoms with E-state index in [1.807, 2.05) is 19.1 Å². The lowest BCUT2D eigenvalue weighted by atomic mass is 9.88. The largest absolute Gasteiger partial charge is 0.439 e. The number of non-ortho nitro benzene ring substituents is 1. The van der Waals surface area contributed by atoms with Gasteiger partial charge in [-0.15, -0.1) is 0 Å². The SMILES string of the molecule is Cc1ccc(S(=O)C2=C(c3ccncc3)OC(N)=C(C#N)[C@H]2c2ccc([N+](=O)[O-])cc2)cc1. The molecule has 2 heterocycles. The van der Waals surface area contributed by atoms with Gasteiger partial charge >= 0.3 is 0 Å². The molecule has 2 aromatic carbocycles. The van der Waals surface area contributed by atoms with Crippen molar-refractivity contribution in [1.29, 1.82) is 5.26 Å². The van der Waals surface area contributed by atoms with Crippen LogP contribution in [-0.4, -0.2) is 14.1 Å². The van der Waals surface area contributed by atoms with Gasteiger partial charge in [0, 0.05) is 35.0 Å². The quantitative estimate of drug-likeness (QED) is 0.446. The number of rotatable bonds is 5. The maximum atomic E-state index is 13.9. The maximum absolute atomic E-state index is 13.9. The molecule has 164 valence electrons. The summed E-state index contributed by atoms with van der Waals surface area (Å²) < 4.78 is 19.8.